The van der Waals surface area contributed by atoms with Crippen LogP contribution >= 0.6 is 0 Å². The van der Waals surface area contributed by atoms with Gasteiger partial charge in [0.15, 0.2) is 11.5 Å². The lowest BCUT2D eigenvalue weighted by Gasteiger charge is -2.50. The molecule has 1 amide bonds. The molecule has 4 heterocycles. The molecule has 6 rings (SSSR count). The van der Waals surface area contributed by atoms with E-state index in [0.29, 0.717) is 13.1 Å². The maximum absolute atomic E-state index is 13.7. The molecule has 0 spiro atoms. The van der Waals surface area contributed by atoms with E-state index < -0.39 is 5.60 Å². The van der Waals surface area contributed by atoms with Crippen LogP contribution in [0.15, 0.2) is 61.2 Å². The predicted octanol–water partition coefficient (Wildman–Crippen LogP) is 4.47. The van der Waals surface area contributed by atoms with E-state index in [4.69, 9.17) is 14.2 Å². The highest BCUT2D eigenvalue weighted by molar-refractivity contribution is 5.94. The molecule has 182 valence electrons. The lowest BCUT2D eigenvalue weighted by atomic mass is 9.74. The Hall–Kier alpha value is -3.32. The number of carbonyl (C=O) groups excluding carboxylic acids is 1. The summed E-state index contributed by atoms with van der Waals surface area (Å²) in [6.07, 6.45) is 7.12. The quantitative estimate of drug-likeness (QED) is 0.559. The number of hydrogen-bond donors (Lipinski definition) is 0. The number of likely N-dealkylation sites (tertiary alicyclic amines) is 1. The van der Waals surface area contributed by atoms with E-state index in [1.165, 1.54) is 0 Å². The second-order valence-electron chi connectivity index (χ2n) is 10.3. The second-order valence-corrected chi connectivity index (χ2v) is 10.3. The number of amides is 1. The molecule has 2 saturated heterocycles. The van der Waals surface area contributed by atoms with Gasteiger partial charge in [-0.15, -0.1) is 0 Å². The fourth-order valence-corrected chi connectivity index (χ4v) is 6.05. The molecule has 0 aliphatic carbocycles. The van der Waals surface area contributed by atoms with Crippen LogP contribution in [0, 0.1) is 5.92 Å². The summed E-state index contributed by atoms with van der Waals surface area (Å²) in [5.41, 5.74) is 2.40. The zero-order chi connectivity index (χ0) is 24.2. The molecule has 0 N–H and O–H groups in total. The van der Waals surface area contributed by atoms with Crippen LogP contribution in [0.25, 0.3) is 0 Å². The van der Waals surface area contributed by atoms with Gasteiger partial charge in [0, 0.05) is 42.5 Å². The molecule has 0 radical (unpaired) electrons. The van der Waals surface area contributed by atoms with Crippen molar-refractivity contribution in [3.8, 4) is 11.5 Å². The number of methoxy groups -OCH3 is 1. The van der Waals surface area contributed by atoms with Gasteiger partial charge in [-0.25, -0.2) is 4.98 Å². The summed E-state index contributed by atoms with van der Waals surface area (Å²) in [5, 5.41) is 0. The van der Waals surface area contributed by atoms with Crippen LogP contribution in [-0.4, -0.2) is 51.8 Å². The molecule has 0 saturated carbocycles. The molecule has 4 atom stereocenters. The molecule has 3 aromatic rings. The van der Waals surface area contributed by atoms with E-state index in [9.17, 15) is 4.79 Å². The summed E-state index contributed by atoms with van der Waals surface area (Å²) in [6.45, 7) is 5.62. The van der Waals surface area contributed by atoms with E-state index >= 15 is 0 Å². The molecule has 7 heteroatoms. The lowest BCUT2D eigenvalue weighted by molar-refractivity contribution is -0.160. The number of fused-ring (bicyclic) bond motifs is 4. The molecule has 7 nitrogen and oxygen atoms in total. The number of ether oxygens (including phenoxy) is 3. The van der Waals surface area contributed by atoms with Gasteiger partial charge in [0.2, 0.25) is 0 Å². The van der Waals surface area contributed by atoms with Crippen LogP contribution in [-0.2, 0) is 11.3 Å². The highest BCUT2D eigenvalue weighted by atomic mass is 16.5. The largest absolute Gasteiger partial charge is 0.493 e. The Morgan fingerprint density at radius 1 is 1.23 bits per heavy atom. The summed E-state index contributed by atoms with van der Waals surface area (Å²) in [5.74, 6) is 1.71. The fourth-order valence-electron chi connectivity index (χ4n) is 6.05. The average Bonchev–Trinajstić information content (AvgIpc) is 3.52. The molecule has 0 unspecified atom stereocenters. The van der Waals surface area contributed by atoms with Crippen LogP contribution in [0.2, 0.25) is 0 Å². The smallest absolute Gasteiger partial charge is 0.254 e. The number of imidazole rings is 1. The van der Waals surface area contributed by atoms with Crippen molar-refractivity contribution in [3.63, 3.8) is 0 Å². The molecule has 1 aromatic heterocycles. The van der Waals surface area contributed by atoms with Crippen LogP contribution in [0.5, 0.6) is 11.5 Å². The van der Waals surface area contributed by atoms with Crippen molar-refractivity contribution >= 4 is 5.91 Å². The minimum Gasteiger partial charge on any atom is -0.493 e. The zero-order valence-corrected chi connectivity index (χ0v) is 20.4. The standard InChI is InChI=1S/C28H31N3O4/c1-28(2)21-15-22-23(34-25(21)20-8-5-9-24(33-3)26(20)35-28)10-12-31(22)27(32)19-7-4-6-18(14-19)16-30-13-11-29-17-30/h4-9,11,13-14,17,21-23,25H,10,12,15-16H2,1-3H3/t21-,22+,23-,25+/m0/s1. The van der Waals surface area contributed by atoms with Gasteiger partial charge in [-0.05, 0) is 50.5 Å². The Kier molecular flexibility index (Phi) is 5.33. The van der Waals surface area contributed by atoms with Gasteiger partial charge in [0.25, 0.3) is 5.91 Å². The third kappa shape index (κ3) is 3.78. The van der Waals surface area contributed by atoms with Crippen LogP contribution < -0.4 is 9.47 Å². The van der Waals surface area contributed by atoms with Gasteiger partial charge in [-0.1, -0.05) is 24.3 Å². The highest BCUT2D eigenvalue weighted by Gasteiger charge is 2.54. The minimum absolute atomic E-state index is 0.0160. The van der Waals surface area contributed by atoms with Crippen molar-refractivity contribution in [1.29, 1.82) is 0 Å². The lowest BCUT2D eigenvalue weighted by Crippen LogP contribution is -2.54. The van der Waals surface area contributed by atoms with Gasteiger partial charge in [-0.3, -0.25) is 4.79 Å². The van der Waals surface area contributed by atoms with Crippen molar-refractivity contribution in [3.05, 3.63) is 77.9 Å². The molecule has 2 aromatic carbocycles. The van der Waals surface area contributed by atoms with Crippen molar-refractivity contribution in [2.45, 2.75) is 57.1 Å². The fraction of sp³-hybridized carbons (Fsp3) is 0.429. The number of rotatable bonds is 4. The predicted molar refractivity (Wildman–Crippen MR) is 131 cm³/mol. The molecule has 35 heavy (non-hydrogen) atoms. The van der Waals surface area contributed by atoms with Crippen molar-refractivity contribution < 1.29 is 19.0 Å². The SMILES string of the molecule is COc1cccc2c1OC(C)(C)[C@H]1C[C@@H]3[C@H](CCN3C(=O)c3cccc(Cn4ccnc4)c3)O[C@H]21. The molecule has 3 aliphatic heterocycles. The van der Waals surface area contributed by atoms with Gasteiger partial charge in [-0.2, -0.15) is 0 Å². The van der Waals surface area contributed by atoms with Crippen LogP contribution in [0.4, 0.5) is 0 Å². The number of carbonyl (C=O) groups is 1. The summed E-state index contributed by atoms with van der Waals surface area (Å²) in [6, 6.07) is 14.0. The van der Waals surface area contributed by atoms with Crippen molar-refractivity contribution in [2.75, 3.05) is 13.7 Å². The number of hydrogen-bond acceptors (Lipinski definition) is 5. The maximum atomic E-state index is 13.7. The normalized spacial score (nSPS) is 26.3. The zero-order valence-electron chi connectivity index (χ0n) is 20.4. The Morgan fingerprint density at radius 3 is 2.89 bits per heavy atom. The van der Waals surface area contributed by atoms with Gasteiger partial charge < -0.3 is 23.7 Å². The molecular formula is C28H31N3O4. The number of benzene rings is 2. The maximum Gasteiger partial charge on any atom is 0.254 e. The van der Waals surface area contributed by atoms with Crippen molar-refractivity contribution in [2.24, 2.45) is 5.92 Å². The Labute approximate surface area is 205 Å². The first-order chi connectivity index (χ1) is 16.9. The van der Waals surface area contributed by atoms with Crippen LogP contribution in [0.3, 0.4) is 0 Å². The molecule has 2 fully saturated rings. The third-order valence-corrected chi connectivity index (χ3v) is 7.82. The average molecular weight is 474 g/mol. The number of aromatic nitrogens is 2. The Balaban J connectivity index is 1.25. The summed E-state index contributed by atoms with van der Waals surface area (Å²) < 4.78 is 20.8. The van der Waals surface area contributed by atoms with Gasteiger partial charge in [0.1, 0.15) is 5.60 Å². The van der Waals surface area contributed by atoms with Crippen LogP contribution in [0.1, 0.15) is 54.3 Å². The number of para-hydroxylation sites is 1. The minimum atomic E-state index is -0.445. The molecular weight excluding hydrogens is 442 g/mol. The first kappa shape index (κ1) is 22.2. The highest BCUT2D eigenvalue weighted by Crippen LogP contribution is 2.54. The first-order valence-corrected chi connectivity index (χ1v) is 12.3. The van der Waals surface area contributed by atoms with E-state index in [2.05, 4.69) is 24.9 Å². The molecule has 3 aliphatic rings. The first-order valence-electron chi connectivity index (χ1n) is 12.3. The molecule has 0 bridgehead atoms. The Morgan fingerprint density at radius 2 is 2.09 bits per heavy atom. The summed E-state index contributed by atoms with van der Waals surface area (Å²) >= 11 is 0. The summed E-state index contributed by atoms with van der Waals surface area (Å²) in [7, 11) is 1.67. The second kappa shape index (κ2) is 8.41. The van der Waals surface area contributed by atoms with E-state index in [-0.39, 0.29) is 30.1 Å². The summed E-state index contributed by atoms with van der Waals surface area (Å²) in [4.78, 5) is 19.8. The monoisotopic (exact) mass is 473 g/mol. The van der Waals surface area contributed by atoms with Crippen molar-refractivity contribution in [1.82, 2.24) is 14.5 Å². The number of nitrogens with zero attached hydrogens (tertiary/aromatic N) is 3. The van der Waals surface area contributed by atoms with E-state index in [1.54, 1.807) is 19.6 Å². The van der Waals surface area contributed by atoms with Gasteiger partial charge >= 0.3 is 0 Å². The third-order valence-electron chi connectivity index (χ3n) is 7.82. The Bertz CT molecular complexity index is 1240. The van der Waals surface area contributed by atoms with E-state index in [0.717, 1.165) is 41.0 Å². The van der Waals surface area contributed by atoms with Gasteiger partial charge in [0.05, 0.1) is 31.7 Å². The topological polar surface area (TPSA) is 65.8 Å². The van der Waals surface area contributed by atoms with E-state index in [1.807, 2.05) is 52.1 Å².